The van der Waals surface area contributed by atoms with Crippen LogP contribution in [0.1, 0.15) is 15.9 Å². The van der Waals surface area contributed by atoms with E-state index in [0.717, 1.165) is 23.8 Å². The van der Waals surface area contributed by atoms with Crippen LogP contribution in [0.15, 0.2) is 42.5 Å². The molecule has 0 aliphatic heterocycles. The Morgan fingerprint density at radius 2 is 1.63 bits per heavy atom. The van der Waals surface area contributed by atoms with E-state index in [1.54, 1.807) is 31.4 Å². The van der Waals surface area contributed by atoms with Gasteiger partial charge in [0.05, 0.1) is 28.6 Å². The normalized spacial score (nSPS) is 9.96. The summed E-state index contributed by atoms with van der Waals surface area (Å²) < 4.78 is 5.05. The summed E-state index contributed by atoms with van der Waals surface area (Å²) >= 11 is 5.01. The summed E-state index contributed by atoms with van der Waals surface area (Å²) in [5.74, 6) is -0.101. The molecule has 2 aromatic carbocycles. The average molecular weight is 390 g/mol. The topological polar surface area (TPSA) is 137 Å². The van der Waals surface area contributed by atoms with Crippen molar-refractivity contribution in [3.8, 4) is 5.75 Å². The molecule has 0 fully saturated rings. The van der Waals surface area contributed by atoms with Gasteiger partial charge in [0.1, 0.15) is 5.75 Å². The second-order valence-corrected chi connectivity index (χ2v) is 5.65. The quantitative estimate of drug-likeness (QED) is 0.435. The van der Waals surface area contributed by atoms with Gasteiger partial charge in [-0.1, -0.05) is 12.1 Å². The Morgan fingerprint density at radius 1 is 1.07 bits per heavy atom. The second kappa shape index (κ2) is 8.67. The summed E-state index contributed by atoms with van der Waals surface area (Å²) in [4.78, 5) is 32.3. The zero-order valence-electron chi connectivity index (χ0n) is 14.0. The number of amides is 1. The van der Waals surface area contributed by atoms with Gasteiger partial charge in [0, 0.05) is 18.7 Å². The number of rotatable bonds is 6. The molecule has 11 heteroatoms. The molecule has 2 N–H and O–H groups in total. The lowest BCUT2D eigenvalue weighted by atomic mass is 10.1. The van der Waals surface area contributed by atoms with Crippen molar-refractivity contribution in [2.75, 3.05) is 7.11 Å². The second-order valence-electron chi connectivity index (χ2n) is 5.24. The van der Waals surface area contributed by atoms with Gasteiger partial charge < -0.3 is 10.1 Å². The van der Waals surface area contributed by atoms with Crippen LogP contribution >= 0.6 is 12.2 Å². The van der Waals surface area contributed by atoms with Crippen molar-refractivity contribution in [1.29, 1.82) is 0 Å². The Hall–Kier alpha value is -3.60. The van der Waals surface area contributed by atoms with Crippen molar-refractivity contribution < 1.29 is 19.4 Å². The van der Waals surface area contributed by atoms with Gasteiger partial charge in [-0.15, -0.1) is 0 Å². The number of non-ortho nitro benzene ring substituents is 2. The molecule has 0 aromatic heterocycles. The van der Waals surface area contributed by atoms with E-state index in [-0.39, 0.29) is 10.7 Å². The van der Waals surface area contributed by atoms with Gasteiger partial charge in [0.25, 0.3) is 17.3 Å². The van der Waals surface area contributed by atoms with E-state index in [1.807, 2.05) is 0 Å². The summed E-state index contributed by atoms with van der Waals surface area (Å²) in [6.45, 7) is 0.318. The van der Waals surface area contributed by atoms with Gasteiger partial charge in [-0.05, 0) is 29.9 Å². The molecule has 0 saturated carbocycles. The molecular weight excluding hydrogens is 376 g/mol. The number of ether oxygens (including phenoxy) is 1. The number of nitro groups is 2. The fourth-order valence-electron chi connectivity index (χ4n) is 2.08. The molecule has 0 aliphatic carbocycles. The Balaban J connectivity index is 2.03. The van der Waals surface area contributed by atoms with Crippen LogP contribution < -0.4 is 15.4 Å². The molecule has 0 aliphatic rings. The Morgan fingerprint density at radius 3 is 2.11 bits per heavy atom. The minimum atomic E-state index is -0.815. The standard InChI is InChI=1S/C16H14N4O6S/c1-26-14-4-2-10(3-5-14)9-17-16(27)18-15(21)11-6-12(19(22)23)8-13(7-11)20(24)25/h2-8H,9H2,1H3,(H2,17,18,21,27). The molecule has 0 bridgehead atoms. The first-order valence-corrected chi connectivity index (χ1v) is 7.87. The van der Waals surface area contributed by atoms with Crippen molar-refractivity contribution in [3.63, 3.8) is 0 Å². The van der Waals surface area contributed by atoms with Gasteiger partial charge in [0.15, 0.2) is 5.11 Å². The number of hydrogen-bond donors (Lipinski definition) is 2. The van der Waals surface area contributed by atoms with Crippen LogP contribution in [0.5, 0.6) is 5.75 Å². The number of carbonyl (C=O) groups excluding carboxylic acids is 1. The fourth-order valence-corrected chi connectivity index (χ4v) is 2.25. The molecule has 27 heavy (non-hydrogen) atoms. The van der Waals surface area contributed by atoms with Gasteiger partial charge in [0.2, 0.25) is 0 Å². The third-order valence-electron chi connectivity index (χ3n) is 3.43. The van der Waals surface area contributed by atoms with E-state index in [2.05, 4.69) is 10.6 Å². The number of thiocarbonyl (C=S) groups is 1. The summed E-state index contributed by atoms with van der Waals surface area (Å²) in [6.07, 6.45) is 0. The lowest BCUT2D eigenvalue weighted by molar-refractivity contribution is -0.394. The SMILES string of the molecule is COc1ccc(CNC(=S)NC(=O)c2cc([N+](=O)[O-])cc([N+](=O)[O-])c2)cc1. The number of hydrogen-bond acceptors (Lipinski definition) is 7. The predicted octanol–water partition coefficient (Wildman–Crippen LogP) is 2.32. The first-order chi connectivity index (χ1) is 12.8. The molecule has 140 valence electrons. The molecule has 2 rings (SSSR count). The van der Waals surface area contributed by atoms with E-state index in [9.17, 15) is 25.0 Å². The first-order valence-electron chi connectivity index (χ1n) is 7.46. The highest BCUT2D eigenvalue weighted by Gasteiger charge is 2.20. The van der Waals surface area contributed by atoms with Crippen molar-refractivity contribution in [2.24, 2.45) is 0 Å². The number of carbonyl (C=O) groups is 1. The maximum absolute atomic E-state index is 12.2. The highest BCUT2D eigenvalue weighted by atomic mass is 32.1. The molecule has 0 saturated heterocycles. The van der Waals surface area contributed by atoms with Gasteiger partial charge in [-0.2, -0.15) is 0 Å². The molecule has 0 heterocycles. The highest BCUT2D eigenvalue weighted by molar-refractivity contribution is 7.80. The van der Waals surface area contributed by atoms with Crippen LogP contribution in [0.4, 0.5) is 11.4 Å². The summed E-state index contributed by atoms with van der Waals surface area (Å²) in [7, 11) is 1.55. The van der Waals surface area contributed by atoms with Crippen LogP contribution in [0.3, 0.4) is 0 Å². The fraction of sp³-hybridized carbons (Fsp3) is 0.125. The van der Waals surface area contributed by atoms with E-state index in [1.165, 1.54) is 0 Å². The number of nitrogens with one attached hydrogen (secondary N) is 2. The molecule has 2 aromatic rings. The summed E-state index contributed by atoms with van der Waals surface area (Å²) in [6, 6.07) is 9.79. The third-order valence-corrected chi connectivity index (χ3v) is 3.67. The van der Waals surface area contributed by atoms with Gasteiger partial charge in [-0.3, -0.25) is 30.3 Å². The Labute approximate surface area is 158 Å². The highest BCUT2D eigenvalue weighted by Crippen LogP contribution is 2.22. The Kier molecular flexibility index (Phi) is 6.33. The number of nitrogens with zero attached hydrogens (tertiary/aromatic N) is 2. The molecule has 1 amide bonds. The van der Waals surface area contributed by atoms with Gasteiger partial charge in [-0.25, -0.2) is 0 Å². The van der Waals surface area contributed by atoms with E-state index in [0.29, 0.717) is 12.3 Å². The molecule has 0 atom stereocenters. The minimum Gasteiger partial charge on any atom is -0.497 e. The smallest absolute Gasteiger partial charge is 0.277 e. The van der Waals surface area contributed by atoms with Crippen LogP contribution in [0.2, 0.25) is 0 Å². The van der Waals surface area contributed by atoms with E-state index >= 15 is 0 Å². The van der Waals surface area contributed by atoms with Crippen molar-refractivity contribution in [3.05, 3.63) is 73.8 Å². The van der Waals surface area contributed by atoms with Crippen molar-refractivity contribution in [1.82, 2.24) is 10.6 Å². The number of methoxy groups -OCH3 is 1. The number of nitro benzene ring substituents is 2. The van der Waals surface area contributed by atoms with Crippen LogP contribution in [-0.2, 0) is 6.54 Å². The lowest BCUT2D eigenvalue weighted by Gasteiger charge is -2.10. The zero-order chi connectivity index (χ0) is 20.0. The summed E-state index contributed by atoms with van der Waals surface area (Å²) in [5.41, 5.74) is -0.499. The van der Waals surface area contributed by atoms with E-state index in [4.69, 9.17) is 17.0 Å². The molecule has 0 unspecified atom stereocenters. The monoisotopic (exact) mass is 390 g/mol. The van der Waals surface area contributed by atoms with Crippen LogP contribution in [-0.4, -0.2) is 28.0 Å². The average Bonchev–Trinajstić information content (AvgIpc) is 2.66. The zero-order valence-corrected chi connectivity index (χ0v) is 14.8. The van der Waals surface area contributed by atoms with Crippen molar-refractivity contribution in [2.45, 2.75) is 6.54 Å². The maximum Gasteiger partial charge on any atom is 0.277 e. The Bertz CT molecular complexity index is 868. The molecular formula is C16H14N4O6S. The van der Waals surface area contributed by atoms with Crippen molar-refractivity contribution >= 4 is 34.6 Å². The summed E-state index contributed by atoms with van der Waals surface area (Å²) in [5, 5.41) is 26.9. The largest absolute Gasteiger partial charge is 0.497 e. The number of benzene rings is 2. The predicted molar refractivity (Wildman–Crippen MR) is 99.6 cm³/mol. The van der Waals surface area contributed by atoms with Gasteiger partial charge >= 0.3 is 0 Å². The minimum absolute atomic E-state index is 0.0232. The molecule has 0 radical (unpaired) electrons. The van der Waals surface area contributed by atoms with Crippen LogP contribution in [0, 0.1) is 20.2 Å². The maximum atomic E-state index is 12.2. The molecule has 0 spiro atoms. The first kappa shape index (κ1) is 19.7. The van der Waals surface area contributed by atoms with E-state index < -0.39 is 27.1 Å². The lowest BCUT2D eigenvalue weighted by Crippen LogP contribution is -2.38. The molecule has 10 nitrogen and oxygen atoms in total. The van der Waals surface area contributed by atoms with Crippen LogP contribution in [0.25, 0.3) is 0 Å². The third kappa shape index (κ3) is 5.44.